The number of Topliss-reactive ketones (excluding diaryl/α,β-unsaturated/α-hetero) is 1. The van der Waals surface area contributed by atoms with Crippen molar-refractivity contribution in [3.05, 3.63) is 0 Å². The lowest BCUT2D eigenvalue weighted by Gasteiger charge is -2.27. The van der Waals surface area contributed by atoms with Crippen LogP contribution < -0.4 is 0 Å². The second kappa shape index (κ2) is 6.63. The Bertz CT molecular complexity index is 247. The smallest absolute Gasteiger partial charge is 0.222 e. The third kappa shape index (κ3) is 4.75. The molecule has 1 rings (SSSR count). The van der Waals surface area contributed by atoms with E-state index in [4.69, 9.17) is 4.74 Å². The second-order valence-corrected chi connectivity index (χ2v) is 4.53. The third-order valence-electron chi connectivity index (χ3n) is 2.99. The Morgan fingerprint density at radius 1 is 1.25 bits per heavy atom. The standard InChI is InChI=1S/C12H21NO3/c1-10(14)3-4-12(15)13(2)9-11-5-7-16-8-6-11/h11H,3-9H2,1-2H3. The first-order valence-electron chi connectivity index (χ1n) is 5.90. The molecule has 1 fully saturated rings. The van der Waals surface area contributed by atoms with Crippen molar-refractivity contribution < 1.29 is 14.3 Å². The van der Waals surface area contributed by atoms with Crippen molar-refractivity contribution in [2.45, 2.75) is 32.6 Å². The zero-order chi connectivity index (χ0) is 12.0. The molecule has 0 bridgehead atoms. The molecule has 92 valence electrons. The van der Waals surface area contributed by atoms with E-state index in [0.717, 1.165) is 32.6 Å². The number of rotatable bonds is 5. The molecule has 0 aliphatic carbocycles. The number of ether oxygens (including phenoxy) is 1. The molecule has 0 N–H and O–H groups in total. The normalized spacial score (nSPS) is 17.1. The topological polar surface area (TPSA) is 46.6 Å². The first-order valence-corrected chi connectivity index (χ1v) is 5.90. The van der Waals surface area contributed by atoms with Gasteiger partial charge in [0.05, 0.1) is 0 Å². The number of amides is 1. The fraction of sp³-hybridized carbons (Fsp3) is 0.833. The molecule has 1 amide bonds. The summed E-state index contributed by atoms with van der Waals surface area (Å²) >= 11 is 0. The van der Waals surface area contributed by atoms with E-state index in [9.17, 15) is 9.59 Å². The van der Waals surface area contributed by atoms with E-state index >= 15 is 0 Å². The fourth-order valence-corrected chi connectivity index (χ4v) is 1.89. The molecule has 1 heterocycles. The van der Waals surface area contributed by atoms with E-state index in [1.54, 1.807) is 4.90 Å². The number of ketones is 1. The van der Waals surface area contributed by atoms with Crippen LogP contribution in [0.5, 0.6) is 0 Å². The second-order valence-electron chi connectivity index (χ2n) is 4.53. The van der Waals surface area contributed by atoms with Crippen molar-refractivity contribution in [3.63, 3.8) is 0 Å². The lowest BCUT2D eigenvalue weighted by atomic mass is 10.00. The first kappa shape index (κ1) is 13.2. The molecular formula is C12H21NO3. The average molecular weight is 227 g/mol. The van der Waals surface area contributed by atoms with Crippen LogP contribution in [0.1, 0.15) is 32.6 Å². The van der Waals surface area contributed by atoms with E-state index in [2.05, 4.69) is 0 Å². The van der Waals surface area contributed by atoms with Crippen molar-refractivity contribution >= 4 is 11.7 Å². The molecule has 4 nitrogen and oxygen atoms in total. The zero-order valence-corrected chi connectivity index (χ0v) is 10.2. The first-order chi connectivity index (χ1) is 7.59. The van der Waals surface area contributed by atoms with Crippen LogP contribution in [0, 0.1) is 5.92 Å². The molecule has 4 heteroatoms. The summed E-state index contributed by atoms with van der Waals surface area (Å²) in [6, 6.07) is 0. The van der Waals surface area contributed by atoms with Gasteiger partial charge in [-0.2, -0.15) is 0 Å². The highest BCUT2D eigenvalue weighted by molar-refractivity contribution is 5.83. The van der Waals surface area contributed by atoms with Crippen LogP contribution in [0.25, 0.3) is 0 Å². The number of hydrogen-bond donors (Lipinski definition) is 0. The molecule has 0 saturated carbocycles. The van der Waals surface area contributed by atoms with E-state index in [1.165, 1.54) is 6.92 Å². The molecule has 0 radical (unpaired) electrons. The van der Waals surface area contributed by atoms with Crippen LogP contribution in [0.4, 0.5) is 0 Å². The van der Waals surface area contributed by atoms with E-state index in [-0.39, 0.29) is 11.7 Å². The summed E-state index contributed by atoms with van der Waals surface area (Å²) in [4.78, 5) is 24.2. The molecule has 0 atom stereocenters. The molecule has 0 unspecified atom stereocenters. The van der Waals surface area contributed by atoms with Crippen molar-refractivity contribution in [2.75, 3.05) is 26.8 Å². The van der Waals surface area contributed by atoms with Crippen LogP contribution in [0.2, 0.25) is 0 Å². The Morgan fingerprint density at radius 2 is 1.88 bits per heavy atom. The average Bonchev–Trinajstić information content (AvgIpc) is 2.27. The summed E-state index contributed by atoms with van der Waals surface area (Å²) in [7, 11) is 1.82. The predicted molar refractivity (Wildman–Crippen MR) is 61.1 cm³/mol. The third-order valence-corrected chi connectivity index (χ3v) is 2.99. The van der Waals surface area contributed by atoms with Gasteiger partial charge in [-0.25, -0.2) is 0 Å². The summed E-state index contributed by atoms with van der Waals surface area (Å²) in [6.45, 7) is 3.92. The van der Waals surface area contributed by atoms with Gasteiger partial charge < -0.3 is 14.4 Å². The van der Waals surface area contributed by atoms with Crippen LogP contribution in [0.15, 0.2) is 0 Å². The van der Waals surface area contributed by atoms with Crippen LogP contribution in [-0.4, -0.2) is 43.4 Å². The lowest BCUT2D eigenvalue weighted by molar-refractivity contribution is -0.132. The Balaban J connectivity index is 2.24. The maximum atomic E-state index is 11.7. The summed E-state index contributed by atoms with van der Waals surface area (Å²) in [5.74, 6) is 0.703. The highest BCUT2D eigenvalue weighted by Gasteiger charge is 2.18. The van der Waals surface area contributed by atoms with Gasteiger partial charge in [0.15, 0.2) is 0 Å². The van der Waals surface area contributed by atoms with Crippen LogP contribution in [-0.2, 0) is 14.3 Å². The molecule has 1 aliphatic rings. The molecule has 0 aromatic rings. The summed E-state index contributed by atoms with van der Waals surface area (Å²) in [5, 5.41) is 0. The Labute approximate surface area is 96.9 Å². The van der Waals surface area contributed by atoms with Gasteiger partial charge in [0.25, 0.3) is 0 Å². The largest absolute Gasteiger partial charge is 0.381 e. The quantitative estimate of drug-likeness (QED) is 0.710. The lowest BCUT2D eigenvalue weighted by Crippen LogP contribution is -2.34. The maximum Gasteiger partial charge on any atom is 0.222 e. The molecule has 0 aromatic carbocycles. The van der Waals surface area contributed by atoms with Gasteiger partial charge in [-0.05, 0) is 25.7 Å². The number of carbonyl (C=O) groups excluding carboxylic acids is 2. The van der Waals surface area contributed by atoms with Crippen LogP contribution in [0.3, 0.4) is 0 Å². The van der Waals surface area contributed by atoms with Gasteiger partial charge in [-0.1, -0.05) is 0 Å². The minimum atomic E-state index is 0.0710. The van der Waals surface area contributed by atoms with Gasteiger partial charge in [0.2, 0.25) is 5.91 Å². The molecular weight excluding hydrogens is 206 g/mol. The predicted octanol–water partition coefficient (Wildman–Crippen LogP) is 1.24. The van der Waals surface area contributed by atoms with Crippen LogP contribution >= 0.6 is 0 Å². The van der Waals surface area contributed by atoms with E-state index < -0.39 is 0 Å². The van der Waals surface area contributed by atoms with Gasteiger partial charge in [0.1, 0.15) is 5.78 Å². The molecule has 0 aromatic heterocycles. The minimum absolute atomic E-state index is 0.0710. The Hall–Kier alpha value is -0.900. The maximum absolute atomic E-state index is 11.7. The van der Waals surface area contributed by atoms with Crippen molar-refractivity contribution in [3.8, 4) is 0 Å². The SMILES string of the molecule is CC(=O)CCC(=O)N(C)CC1CCOCC1. The van der Waals surface area contributed by atoms with E-state index in [1.807, 2.05) is 7.05 Å². The molecule has 16 heavy (non-hydrogen) atoms. The van der Waals surface area contributed by atoms with Gasteiger partial charge >= 0.3 is 0 Å². The number of nitrogens with zero attached hydrogens (tertiary/aromatic N) is 1. The summed E-state index contributed by atoms with van der Waals surface area (Å²) in [6.07, 6.45) is 2.76. The monoisotopic (exact) mass is 227 g/mol. The molecule has 0 spiro atoms. The van der Waals surface area contributed by atoms with Crippen molar-refractivity contribution in [1.29, 1.82) is 0 Å². The highest BCUT2D eigenvalue weighted by atomic mass is 16.5. The Morgan fingerprint density at radius 3 is 2.44 bits per heavy atom. The zero-order valence-electron chi connectivity index (χ0n) is 10.2. The van der Waals surface area contributed by atoms with Gasteiger partial charge in [-0.15, -0.1) is 0 Å². The molecule has 1 saturated heterocycles. The highest BCUT2D eigenvalue weighted by Crippen LogP contribution is 2.15. The van der Waals surface area contributed by atoms with Crippen molar-refractivity contribution in [2.24, 2.45) is 5.92 Å². The van der Waals surface area contributed by atoms with Crippen molar-refractivity contribution in [1.82, 2.24) is 4.90 Å². The van der Waals surface area contributed by atoms with Gasteiger partial charge in [-0.3, -0.25) is 4.79 Å². The Kier molecular flexibility index (Phi) is 5.46. The number of carbonyl (C=O) groups is 2. The minimum Gasteiger partial charge on any atom is -0.381 e. The van der Waals surface area contributed by atoms with Gasteiger partial charge in [0, 0.05) is 39.6 Å². The van der Waals surface area contributed by atoms with E-state index in [0.29, 0.717) is 18.8 Å². The molecule has 1 aliphatic heterocycles. The summed E-state index contributed by atoms with van der Waals surface area (Å²) in [5.41, 5.74) is 0. The number of hydrogen-bond acceptors (Lipinski definition) is 3. The fourth-order valence-electron chi connectivity index (χ4n) is 1.89. The summed E-state index contributed by atoms with van der Waals surface area (Å²) < 4.78 is 5.27.